The largest absolute Gasteiger partial charge is 0.460 e. The van der Waals surface area contributed by atoms with Crippen LogP contribution >= 0.6 is 0 Å². The summed E-state index contributed by atoms with van der Waals surface area (Å²) in [7, 11) is 0. The van der Waals surface area contributed by atoms with E-state index in [1.807, 2.05) is 0 Å². The minimum absolute atomic E-state index is 0.0711. The van der Waals surface area contributed by atoms with E-state index in [-0.39, 0.29) is 12.1 Å². The zero-order valence-electron chi connectivity index (χ0n) is 12.4. The molecule has 0 aromatic rings. The number of carbonyl (C=O) groups is 1. The number of nitrogens with one attached hydrogen (secondary N) is 1. The van der Waals surface area contributed by atoms with Crippen molar-refractivity contribution >= 4 is 5.97 Å². The molecule has 2 rings (SSSR count). The third-order valence-corrected chi connectivity index (χ3v) is 4.42. The number of hydrogen-bond acceptors (Lipinski definition) is 4. The molecule has 4 unspecified atom stereocenters. The van der Waals surface area contributed by atoms with Gasteiger partial charge in [0.25, 0.3) is 0 Å². The van der Waals surface area contributed by atoms with Gasteiger partial charge in [-0.1, -0.05) is 27.2 Å². The average molecular weight is 269 g/mol. The number of carbonyl (C=O) groups excluding carboxylic acids is 1. The van der Waals surface area contributed by atoms with Crippen LogP contribution in [-0.4, -0.2) is 37.9 Å². The van der Waals surface area contributed by atoms with Crippen LogP contribution in [0, 0.1) is 17.8 Å². The highest BCUT2D eigenvalue weighted by atomic mass is 16.6. The molecular weight excluding hydrogens is 242 g/mol. The molecular formula is C15H27NO3. The molecule has 19 heavy (non-hydrogen) atoms. The molecule has 110 valence electrons. The molecule has 0 aromatic heterocycles. The molecule has 1 N–H and O–H groups in total. The first-order chi connectivity index (χ1) is 9.08. The standard InChI is InChI=1S/C15H27NO3/c1-10(2)12-5-4-11(3)8-13(12)19-15(17)14-9-16-6-7-18-14/h10-14,16H,4-9H2,1-3H3. The monoisotopic (exact) mass is 269 g/mol. The number of rotatable bonds is 3. The van der Waals surface area contributed by atoms with Crippen molar-refractivity contribution in [3.63, 3.8) is 0 Å². The molecule has 0 amide bonds. The predicted octanol–water partition coefficient (Wildman–Crippen LogP) is 1.98. The SMILES string of the molecule is CC1CCC(C(C)C)C(OC(=O)C2CNCCO2)C1. The fraction of sp³-hybridized carbons (Fsp3) is 0.933. The molecule has 4 nitrogen and oxygen atoms in total. The van der Waals surface area contributed by atoms with E-state index in [1.165, 1.54) is 12.8 Å². The molecule has 1 aliphatic carbocycles. The van der Waals surface area contributed by atoms with Gasteiger partial charge in [0, 0.05) is 13.1 Å². The molecule has 0 spiro atoms. The lowest BCUT2D eigenvalue weighted by atomic mass is 9.75. The summed E-state index contributed by atoms with van der Waals surface area (Å²) in [5.74, 6) is 1.53. The molecule has 1 saturated heterocycles. The zero-order chi connectivity index (χ0) is 13.8. The van der Waals surface area contributed by atoms with Crippen molar-refractivity contribution in [1.29, 1.82) is 0 Å². The summed E-state index contributed by atoms with van der Waals surface area (Å²) in [5, 5.41) is 3.17. The normalized spacial score (nSPS) is 36.2. The van der Waals surface area contributed by atoms with Gasteiger partial charge in [-0.05, 0) is 30.6 Å². The summed E-state index contributed by atoms with van der Waals surface area (Å²) in [4.78, 5) is 12.2. The van der Waals surface area contributed by atoms with Gasteiger partial charge >= 0.3 is 5.97 Å². The number of ether oxygens (including phenoxy) is 2. The first kappa shape index (κ1) is 14.8. The van der Waals surface area contributed by atoms with Gasteiger partial charge in [-0.25, -0.2) is 4.79 Å². The molecule has 0 radical (unpaired) electrons. The van der Waals surface area contributed by atoms with Crippen molar-refractivity contribution in [1.82, 2.24) is 5.32 Å². The molecule has 2 fully saturated rings. The van der Waals surface area contributed by atoms with Gasteiger partial charge in [0.15, 0.2) is 6.10 Å². The average Bonchev–Trinajstić information content (AvgIpc) is 2.39. The number of morpholine rings is 1. The number of esters is 1. The third-order valence-electron chi connectivity index (χ3n) is 4.42. The van der Waals surface area contributed by atoms with Crippen LogP contribution in [-0.2, 0) is 14.3 Å². The van der Waals surface area contributed by atoms with E-state index >= 15 is 0 Å². The Balaban J connectivity index is 1.92. The smallest absolute Gasteiger partial charge is 0.336 e. The zero-order valence-corrected chi connectivity index (χ0v) is 12.4. The summed E-state index contributed by atoms with van der Waals surface area (Å²) in [6.07, 6.45) is 3.06. The van der Waals surface area contributed by atoms with Crippen molar-refractivity contribution in [2.24, 2.45) is 17.8 Å². The second kappa shape index (κ2) is 6.71. The van der Waals surface area contributed by atoms with Crippen LogP contribution in [0.2, 0.25) is 0 Å². The van der Waals surface area contributed by atoms with Crippen LogP contribution < -0.4 is 5.32 Å². The van der Waals surface area contributed by atoms with Crippen molar-refractivity contribution in [2.75, 3.05) is 19.7 Å². The molecule has 4 heteroatoms. The Morgan fingerprint density at radius 1 is 1.37 bits per heavy atom. The van der Waals surface area contributed by atoms with Gasteiger partial charge in [0.05, 0.1) is 6.61 Å². The van der Waals surface area contributed by atoms with Crippen LogP contribution in [0.25, 0.3) is 0 Å². The van der Waals surface area contributed by atoms with Gasteiger partial charge < -0.3 is 14.8 Å². The molecule has 1 aliphatic heterocycles. The molecule has 0 aromatic carbocycles. The van der Waals surface area contributed by atoms with Crippen LogP contribution in [0.15, 0.2) is 0 Å². The topological polar surface area (TPSA) is 47.6 Å². The maximum absolute atomic E-state index is 12.2. The van der Waals surface area contributed by atoms with Crippen LogP contribution in [0.4, 0.5) is 0 Å². The minimum Gasteiger partial charge on any atom is -0.460 e. The van der Waals surface area contributed by atoms with Crippen LogP contribution in [0.5, 0.6) is 0 Å². The van der Waals surface area contributed by atoms with Gasteiger partial charge in [-0.15, -0.1) is 0 Å². The lowest BCUT2D eigenvalue weighted by molar-refractivity contribution is -0.170. The summed E-state index contributed by atoms with van der Waals surface area (Å²) in [6.45, 7) is 8.68. The number of hydrogen-bond donors (Lipinski definition) is 1. The van der Waals surface area contributed by atoms with Crippen molar-refractivity contribution in [2.45, 2.75) is 52.2 Å². The highest BCUT2D eigenvalue weighted by Gasteiger charge is 2.35. The lowest BCUT2D eigenvalue weighted by Crippen LogP contribution is -2.46. The predicted molar refractivity (Wildman–Crippen MR) is 73.8 cm³/mol. The van der Waals surface area contributed by atoms with Gasteiger partial charge in [0.2, 0.25) is 0 Å². The molecule has 2 aliphatic rings. The molecule has 1 heterocycles. The maximum atomic E-state index is 12.2. The second-order valence-corrected chi connectivity index (χ2v) is 6.36. The Hall–Kier alpha value is -0.610. The van der Waals surface area contributed by atoms with Crippen LogP contribution in [0.3, 0.4) is 0 Å². The van der Waals surface area contributed by atoms with E-state index in [0.29, 0.717) is 30.9 Å². The van der Waals surface area contributed by atoms with E-state index in [2.05, 4.69) is 26.1 Å². The highest BCUT2D eigenvalue weighted by molar-refractivity contribution is 5.75. The summed E-state index contributed by atoms with van der Waals surface area (Å²) < 4.78 is 11.2. The van der Waals surface area contributed by atoms with E-state index in [4.69, 9.17) is 9.47 Å². The van der Waals surface area contributed by atoms with E-state index in [0.717, 1.165) is 13.0 Å². The maximum Gasteiger partial charge on any atom is 0.336 e. The summed E-state index contributed by atoms with van der Waals surface area (Å²) >= 11 is 0. The Kier molecular flexibility index (Phi) is 5.22. The first-order valence-corrected chi connectivity index (χ1v) is 7.60. The fourth-order valence-electron chi connectivity index (χ4n) is 3.19. The summed E-state index contributed by atoms with van der Waals surface area (Å²) in [5.41, 5.74) is 0. The Bertz CT molecular complexity index is 300. The Morgan fingerprint density at radius 3 is 2.79 bits per heavy atom. The van der Waals surface area contributed by atoms with Crippen molar-refractivity contribution in [3.8, 4) is 0 Å². The molecule has 4 atom stereocenters. The second-order valence-electron chi connectivity index (χ2n) is 6.36. The third kappa shape index (κ3) is 3.93. The first-order valence-electron chi connectivity index (χ1n) is 7.60. The van der Waals surface area contributed by atoms with Crippen molar-refractivity contribution < 1.29 is 14.3 Å². The van der Waals surface area contributed by atoms with E-state index in [9.17, 15) is 4.79 Å². The Morgan fingerprint density at radius 2 is 2.16 bits per heavy atom. The van der Waals surface area contributed by atoms with Gasteiger partial charge in [0.1, 0.15) is 6.10 Å². The quantitative estimate of drug-likeness (QED) is 0.796. The molecule has 0 bridgehead atoms. The van der Waals surface area contributed by atoms with Gasteiger partial charge in [-0.3, -0.25) is 0 Å². The fourth-order valence-corrected chi connectivity index (χ4v) is 3.19. The minimum atomic E-state index is -0.418. The van der Waals surface area contributed by atoms with E-state index in [1.54, 1.807) is 0 Å². The van der Waals surface area contributed by atoms with Crippen molar-refractivity contribution in [3.05, 3.63) is 0 Å². The molecule has 1 saturated carbocycles. The van der Waals surface area contributed by atoms with E-state index < -0.39 is 6.10 Å². The Labute approximate surface area is 116 Å². The van der Waals surface area contributed by atoms with Gasteiger partial charge in [-0.2, -0.15) is 0 Å². The lowest BCUT2D eigenvalue weighted by Gasteiger charge is -2.37. The van der Waals surface area contributed by atoms with Crippen LogP contribution in [0.1, 0.15) is 40.0 Å². The highest BCUT2D eigenvalue weighted by Crippen LogP contribution is 2.35. The summed E-state index contributed by atoms with van der Waals surface area (Å²) in [6, 6.07) is 0.